The first-order valence-electron chi connectivity index (χ1n) is 10.3. The molecule has 8 nitrogen and oxygen atoms in total. The van der Waals surface area contributed by atoms with Crippen molar-refractivity contribution in [1.29, 1.82) is 0 Å². The lowest BCUT2D eigenvalue weighted by molar-refractivity contribution is 0.0925. The Balaban J connectivity index is 0.00000341. The van der Waals surface area contributed by atoms with Crippen LogP contribution >= 0.6 is 24.0 Å². The molecule has 0 bridgehead atoms. The number of hydrogen-bond acceptors (Lipinski definition) is 5. The quantitative estimate of drug-likeness (QED) is 0.243. The van der Waals surface area contributed by atoms with Crippen molar-refractivity contribution in [3.63, 3.8) is 0 Å². The van der Waals surface area contributed by atoms with Gasteiger partial charge in [0.05, 0.1) is 19.1 Å². The van der Waals surface area contributed by atoms with E-state index in [-0.39, 0.29) is 29.9 Å². The number of aryl methyl sites for hydroxylation is 1. The molecule has 0 radical (unpaired) electrons. The van der Waals surface area contributed by atoms with Gasteiger partial charge in [-0.15, -0.1) is 24.0 Å². The van der Waals surface area contributed by atoms with Gasteiger partial charge in [0.25, 0.3) is 5.91 Å². The Kier molecular flexibility index (Phi) is 9.96. The molecule has 1 aliphatic rings. The summed E-state index contributed by atoms with van der Waals surface area (Å²) >= 11 is 0. The van der Waals surface area contributed by atoms with Crippen LogP contribution < -0.4 is 20.3 Å². The predicted octanol–water partition coefficient (Wildman–Crippen LogP) is 2.73. The predicted molar refractivity (Wildman–Crippen MR) is 134 cm³/mol. The van der Waals surface area contributed by atoms with Crippen LogP contribution in [0.25, 0.3) is 0 Å². The second kappa shape index (κ2) is 12.4. The molecule has 1 saturated heterocycles. The number of anilines is 1. The smallest absolute Gasteiger partial charge is 0.287 e. The third-order valence-electron chi connectivity index (χ3n) is 5.21. The van der Waals surface area contributed by atoms with Crippen molar-refractivity contribution in [2.75, 3.05) is 58.3 Å². The first-order chi connectivity index (χ1) is 14.6. The van der Waals surface area contributed by atoms with E-state index in [9.17, 15) is 4.79 Å². The van der Waals surface area contributed by atoms with Gasteiger partial charge in [-0.2, -0.15) is 0 Å². The molecule has 0 unspecified atom stereocenters. The summed E-state index contributed by atoms with van der Waals surface area (Å²) in [5.74, 6) is 2.00. The first-order valence-corrected chi connectivity index (χ1v) is 10.3. The van der Waals surface area contributed by atoms with Gasteiger partial charge in [0.2, 0.25) is 0 Å². The van der Waals surface area contributed by atoms with E-state index in [2.05, 4.69) is 31.5 Å². The summed E-state index contributed by atoms with van der Waals surface area (Å²) in [7, 11) is 3.51. The van der Waals surface area contributed by atoms with Gasteiger partial charge in [-0.1, -0.05) is 12.1 Å². The molecule has 1 aliphatic heterocycles. The van der Waals surface area contributed by atoms with Crippen molar-refractivity contribution in [1.82, 2.24) is 15.5 Å². The third-order valence-corrected chi connectivity index (χ3v) is 5.21. The minimum Gasteiger partial charge on any atom is -0.495 e. The van der Waals surface area contributed by atoms with Gasteiger partial charge in [-0.3, -0.25) is 9.79 Å². The van der Waals surface area contributed by atoms with Crippen LogP contribution in [0.5, 0.6) is 5.75 Å². The van der Waals surface area contributed by atoms with E-state index >= 15 is 0 Å². The zero-order chi connectivity index (χ0) is 21.3. The van der Waals surface area contributed by atoms with Crippen LogP contribution in [0.4, 0.5) is 5.69 Å². The maximum Gasteiger partial charge on any atom is 0.287 e. The number of ether oxygens (including phenoxy) is 1. The summed E-state index contributed by atoms with van der Waals surface area (Å²) in [4.78, 5) is 21.1. The Morgan fingerprint density at radius 3 is 2.48 bits per heavy atom. The Labute approximate surface area is 201 Å². The number of hydrogen-bond donors (Lipinski definition) is 2. The van der Waals surface area contributed by atoms with Gasteiger partial charge >= 0.3 is 0 Å². The van der Waals surface area contributed by atoms with Gasteiger partial charge in [0, 0.05) is 51.9 Å². The number of rotatable bonds is 7. The molecule has 1 aromatic heterocycles. The van der Waals surface area contributed by atoms with Crippen molar-refractivity contribution < 1.29 is 13.9 Å². The number of furan rings is 1. The van der Waals surface area contributed by atoms with Crippen LogP contribution in [-0.4, -0.2) is 70.2 Å². The van der Waals surface area contributed by atoms with Crippen LogP contribution in [-0.2, 0) is 0 Å². The molecule has 2 N–H and O–H groups in total. The highest BCUT2D eigenvalue weighted by Gasteiger charge is 2.21. The van der Waals surface area contributed by atoms with Gasteiger partial charge < -0.3 is 29.6 Å². The number of piperazine rings is 1. The van der Waals surface area contributed by atoms with Crippen molar-refractivity contribution in [2.24, 2.45) is 4.99 Å². The standard InChI is InChI=1S/C22H31N5O3.HI/c1-17-9-16-30-20(17)21(28)24-10-6-11-25-22(23-2)27-14-12-26(13-15-27)18-7-4-5-8-19(18)29-3;/h4-5,7-9,16H,6,10-15H2,1-3H3,(H,23,25)(H,24,28);1H. The molecular formula is C22H32IN5O3. The van der Waals surface area contributed by atoms with Crippen molar-refractivity contribution in [3.8, 4) is 5.75 Å². The highest BCUT2D eigenvalue weighted by atomic mass is 127. The monoisotopic (exact) mass is 541 g/mol. The zero-order valence-corrected chi connectivity index (χ0v) is 20.7. The Morgan fingerprint density at radius 2 is 1.84 bits per heavy atom. The average Bonchev–Trinajstić information content (AvgIpc) is 3.22. The highest BCUT2D eigenvalue weighted by Crippen LogP contribution is 2.28. The van der Waals surface area contributed by atoms with Crippen LogP contribution in [0.15, 0.2) is 46.0 Å². The minimum absolute atomic E-state index is 0. The number of guanidine groups is 1. The number of para-hydroxylation sites is 2. The number of nitrogens with one attached hydrogen (secondary N) is 2. The number of methoxy groups -OCH3 is 1. The molecule has 2 heterocycles. The molecule has 0 aliphatic carbocycles. The number of nitrogens with zero attached hydrogens (tertiary/aromatic N) is 3. The molecule has 170 valence electrons. The highest BCUT2D eigenvalue weighted by molar-refractivity contribution is 14.0. The van der Waals surface area contributed by atoms with E-state index in [1.807, 2.05) is 25.1 Å². The molecule has 0 saturated carbocycles. The normalized spacial score (nSPS) is 14.1. The Hall–Kier alpha value is -2.43. The SMILES string of the molecule is CN=C(NCCCNC(=O)c1occc1C)N1CCN(c2ccccc2OC)CC1.I. The van der Waals surface area contributed by atoms with Crippen molar-refractivity contribution in [3.05, 3.63) is 47.9 Å². The van der Waals surface area contributed by atoms with Gasteiger partial charge in [0.1, 0.15) is 5.75 Å². The molecule has 2 aromatic rings. The lowest BCUT2D eigenvalue weighted by Gasteiger charge is -2.38. The summed E-state index contributed by atoms with van der Waals surface area (Å²) < 4.78 is 10.7. The van der Waals surface area contributed by atoms with Gasteiger partial charge in [0.15, 0.2) is 11.7 Å². The van der Waals surface area contributed by atoms with E-state index in [4.69, 9.17) is 9.15 Å². The number of amides is 1. The fourth-order valence-corrected chi connectivity index (χ4v) is 3.56. The molecule has 1 aromatic carbocycles. The second-order valence-electron chi connectivity index (χ2n) is 7.16. The topological polar surface area (TPSA) is 82.3 Å². The van der Waals surface area contributed by atoms with Crippen LogP contribution in [0.1, 0.15) is 22.5 Å². The van der Waals surface area contributed by atoms with E-state index in [1.54, 1.807) is 20.2 Å². The van der Waals surface area contributed by atoms with Gasteiger partial charge in [-0.25, -0.2) is 0 Å². The number of aliphatic imine (C=N–C) groups is 1. The largest absolute Gasteiger partial charge is 0.495 e. The minimum atomic E-state index is -0.172. The fraction of sp³-hybridized carbons (Fsp3) is 0.455. The molecular weight excluding hydrogens is 509 g/mol. The Morgan fingerprint density at radius 1 is 1.13 bits per heavy atom. The lowest BCUT2D eigenvalue weighted by atomic mass is 10.2. The van der Waals surface area contributed by atoms with E-state index in [1.165, 1.54) is 6.26 Å². The molecule has 1 fully saturated rings. The van der Waals surface area contributed by atoms with Gasteiger partial charge in [-0.05, 0) is 31.5 Å². The number of halogens is 1. The molecule has 0 atom stereocenters. The summed E-state index contributed by atoms with van der Waals surface area (Å²) in [6.45, 7) is 6.73. The Bertz CT molecular complexity index is 862. The number of carbonyl (C=O) groups is 1. The maximum absolute atomic E-state index is 12.0. The first kappa shape index (κ1) is 24.8. The summed E-state index contributed by atoms with van der Waals surface area (Å²) in [6, 6.07) is 9.90. The van der Waals surface area contributed by atoms with E-state index in [0.717, 1.165) is 62.1 Å². The van der Waals surface area contributed by atoms with Crippen LogP contribution in [0.3, 0.4) is 0 Å². The lowest BCUT2D eigenvalue weighted by Crippen LogP contribution is -2.52. The second-order valence-corrected chi connectivity index (χ2v) is 7.16. The summed E-state index contributed by atoms with van der Waals surface area (Å²) in [5, 5.41) is 6.28. The average molecular weight is 541 g/mol. The van der Waals surface area contributed by atoms with E-state index < -0.39 is 0 Å². The van der Waals surface area contributed by atoms with Crippen molar-refractivity contribution in [2.45, 2.75) is 13.3 Å². The molecule has 9 heteroatoms. The molecule has 3 rings (SSSR count). The van der Waals surface area contributed by atoms with Crippen LogP contribution in [0, 0.1) is 6.92 Å². The number of carbonyl (C=O) groups excluding carboxylic acids is 1. The van der Waals surface area contributed by atoms with E-state index in [0.29, 0.717) is 12.3 Å². The molecule has 31 heavy (non-hydrogen) atoms. The number of benzene rings is 1. The fourth-order valence-electron chi connectivity index (χ4n) is 3.56. The molecule has 0 spiro atoms. The van der Waals surface area contributed by atoms with Crippen molar-refractivity contribution >= 4 is 41.5 Å². The summed E-state index contributed by atoms with van der Waals surface area (Å²) in [5.41, 5.74) is 1.98. The van der Waals surface area contributed by atoms with Crippen LogP contribution in [0.2, 0.25) is 0 Å². The maximum atomic E-state index is 12.0. The zero-order valence-electron chi connectivity index (χ0n) is 18.4. The summed E-state index contributed by atoms with van der Waals surface area (Å²) in [6.07, 6.45) is 2.33. The third kappa shape index (κ3) is 6.52. The molecule has 1 amide bonds.